The molecule has 1 amide bonds. The van der Waals surface area contributed by atoms with Crippen molar-refractivity contribution in [2.75, 3.05) is 5.32 Å². The lowest BCUT2D eigenvalue weighted by Crippen LogP contribution is -2.45. The molecule has 4 rings (SSSR count). The molecule has 5 heteroatoms. The summed E-state index contributed by atoms with van der Waals surface area (Å²) >= 11 is 3.55. The molecule has 0 saturated heterocycles. The van der Waals surface area contributed by atoms with Crippen LogP contribution in [0.15, 0.2) is 53.0 Å². The Hall–Kier alpha value is -2.01. The van der Waals surface area contributed by atoms with Crippen LogP contribution < -0.4 is 10.6 Å². The quantitative estimate of drug-likeness (QED) is 0.717. The fourth-order valence-corrected chi connectivity index (χ4v) is 4.21. The van der Waals surface area contributed by atoms with Gasteiger partial charge >= 0.3 is 6.09 Å². The predicted octanol–water partition coefficient (Wildman–Crippen LogP) is 5.26. The van der Waals surface area contributed by atoms with E-state index in [9.17, 15) is 4.79 Å². The third-order valence-corrected chi connectivity index (χ3v) is 5.87. The average Bonchev–Trinajstić information content (AvgIpc) is 3.48. The second-order valence-electron chi connectivity index (χ2n) is 7.28. The van der Waals surface area contributed by atoms with Crippen molar-refractivity contribution in [3.8, 4) is 0 Å². The Kier molecular flexibility index (Phi) is 4.90. The Morgan fingerprint density at radius 2 is 2.00 bits per heavy atom. The van der Waals surface area contributed by atoms with Crippen LogP contribution in [-0.2, 0) is 11.3 Å². The van der Waals surface area contributed by atoms with Crippen LogP contribution in [0.5, 0.6) is 0 Å². The number of fused-ring (bicyclic) bond motifs is 1. The number of hydrogen-bond donors (Lipinski definition) is 2. The summed E-state index contributed by atoms with van der Waals surface area (Å²) in [5, 5.41) is 6.80. The highest BCUT2D eigenvalue weighted by Gasteiger charge is 2.42. The van der Waals surface area contributed by atoms with E-state index in [2.05, 4.69) is 45.6 Å². The normalized spacial score (nSPS) is 24.3. The first-order chi connectivity index (χ1) is 12.6. The summed E-state index contributed by atoms with van der Waals surface area (Å²) in [7, 11) is 0. The molecule has 2 aromatic rings. The maximum absolute atomic E-state index is 12.5. The van der Waals surface area contributed by atoms with Crippen LogP contribution in [0.25, 0.3) is 0 Å². The van der Waals surface area contributed by atoms with Crippen molar-refractivity contribution in [1.29, 1.82) is 0 Å². The molecule has 2 N–H and O–H groups in total. The summed E-state index contributed by atoms with van der Waals surface area (Å²) in [6.07, 6.45) is 2.16. The van der Waals surface area contributed by atoms with Crippen molar-refractivity contribution in [1.82, 2.24) is 5.32 Å². The van der Waals surface area contributed by atoms with Crippen LogP contribution in [0, 0.1) is 11.8 Å². The fourth-order valence-electron chi connectivity index (χ4n) is 3.83. The Morgan fingerprint density at radius 1 is 1.23 bits per heavy atom. The first-order valence-electron chi connectivity index (χ1n) is 9.15. The van der Waals surface area contributed by atoms with Gasteiger partial charge in [-0.25, -0.2) is 4.79 Å². The number of carbonyl (C=O) groups is 1. The van der Waals surface area contributed by atoms with Crippen molar-refractivity contribution >= 4 is 27.7 Å². The molecule has 1 unspecified atom stereocenters. The molecule has 1 aliphatic heterocycles. The van der Waals surface area contributed by atoms with Crippen LogP contribution in [0.3, 0.4) is 0 Å². The van der Waals surface area contributed by atoms with Gasteiger partial charge in [0.1, 0.15) is 6.61 Å². The molecule has 136 valence electrons. The summed E-state index contributed by atoms with van der Waals surface area (Å²) < 4.78 is 6.47. The van der Waals surface area contributed by atoms with Crippen molar-refractivity contribution < 1.29 is 9.53 Å². The smallest absolute Gasteiger partial charge is 0.407 e. The van der Waals surface area contributed by atoms with Crippen molar-refractivity contribution in [2.24, 2.45) is 11.8 Å². The molecule has 3 atom stereocenters. The van der Waals surface area contributed by atoms with Gasteiger partial charge in [0.2, 0.25) is 0 Å². The molecule has 0 bridgehead atoms. The number of benzene rings is 2. The van der Waals surface area contributed by atoms with E-state index in [0.717, 1.165) is 21.3 Å². The number of carbonyl (C=O) groups excluding carboxylic acids is 1. The lowest BCUT2D eigenvalue weighted by Gasteiger charge is -2.39. The number of halogens is 1. The first kappa shape index (κ1) is 17.4. The van der Waals surface area contributed by atoms with E-state index >= 15 is 0 Å². The minimum Gasteiger partial charge on any atom is -0.445 e. The van der Waals surface area contributed by atoms with Gasteiger partial charge in [-0.05, 0) is 48.1 Å². The zero-order valence-electron chi connectivity index (χ0n) is 14.7. The summed E-state index contributed by atoms with van der Waals surface area (Å²) in [4.78, 5) is 12.5. The van der Waals surface area contributed by atoms with E-state index in [1.54, 1.807) is 0 Å². The number of rotatable bonds is 4. The van der Waals surface area contributed by atoms with Crippen LogP contribution >= 0.6 is 15.9 Å². The van der Waals surface area contributed by atoms with E-state index < -0.39 is 0 Å². The van der Waals surface area contributed by atoms with E-state index in [1.165, 1.54) is 12.8 Å². The summed E-state index contributed by atoms with van der Waals surface area (Å²) in [5.41, 5.74) is 3.21. The van der Waals surface area contributed by atoms with Crippen LogP contribution in [0.1, 0.15) is 36.9 Å². The minimum atomic E-state index is -0.368. The Labute approximate surface area is 162 Å². The van der Waals surface area contributed by atoms with Crippen LogP contribution in [0.4, 0.5) is 10.5 Å². The molecular formula is C21H23BrN2O2. The second kappa shape index (κ2) is 7.31. The third-order valence-electron chi connectivity index (χ3n) is 5.38. The number of nitrogens with one attached hydrogen (secondary N) is 2. The molecule has 2 aromatic carbocycles. The Bertz CT molecular complexity index is 792. The summed E-state index contributed by atoms with van der Waals surface area (Å²) in [5.74, 6) is 1.00. The Balaban J connectivity index is 1.50. The topological polar surface area (TPSA) is 50.4 Å². The van der Waals surface area contributed by atoms with Gasteiger partial charge in [-0.15, -0.1) is 0 Å². The number of ether oxygens (including phenoxy) is 1. The number of alkyl carbamates (subject to hydrolysis) is 1. The molecule has 0 aromatic heterocycles. The monoisotopic (exact) mass is 414 g/mol. The lowest BCUT2D eigenvalue weighted by molar-refractivity contribution is 0.130. The van der Waals surface area contributed by atoms with E-state index in [4.69, 9.17) is 4.74 Å². The zero-order valence-corrected chi connectivity index (χ0v) is 16.3. The number of anilines is 1. The minimum absolute atomic E-state index is 0.0578. The fraction of sp³-hybridized carbons (Fsp3) is 0.381. The van der Waals surface area contributed by atoms with Crippen LogP contribution in [-0.4, -0.2) is 12.1 Å². The van der Waals surface area contributed by atoms with Crippen molar-refractivity contribution in [2.45, 2.75) is 38.5 Å². The van der Waals surface area contributed by atoms with Gasteiger partial charge in [-0.2, -0.15) is 0 Å². The average molecular weight is 415 g/mol. The van der Waals surface area contributed by atoms with Gasteiger partial charge in [0.25, 0.3) is 0 Å². The van der Waals surface area contributed by atoms with Gasteiger partial charge in [-0.1, -0.05) is 53.2 Å². The highest BCUT2D eigenvalue weighted by molar-refractivity contribution is 9.10. The largest absolute Gasteiger partial charge is 0.445 e. The van der Waals surface area contributed by atoms with E-state index in [0.29, 0.717) is 17.9 Å². The predicted molar refractivity (Wildman–Crippen MR) is 106 cm³/mol. The van der Waals surface area contributed by atoms with Gasteiger partial charge in [0, 0.05) is 22.1 Å². The van der Waals surface area contributed by atoms with Crippen molar-refractivity contribution in [3.05, 3.63) is 64.1 Å². The van der Waals surface area contributed by atoms with Gasteiger partial charge in [-0.3, -0.25) is 0 Å². The molecule has 4 nitrogen and oxygen atoms in total. The van der Waals surface area contributed by atoms with Gasteiger partial charge < -0.3 is 15.4 Å². The summed E-state index contributed by atoms with van der Waals surface area (Å²) in [6.45, 7) is 2.49. The van der Waals surface area contributed by atoms with E-state index in [-0.39, 0.29) is 18.7 Å². The maximum atomic E-state index is 12.5. The molecule has 2 aliphatic rings. The number of amides is 1. The molecular weight excluding hydrogens is 392 g/mol. The highest BCUT2D eigenvalue weighted by Crippen LogP contribution is 2.46. The summed E-state index contributed by atoms with van der Waals surface area (Å²) in [6, 6.07) is 16.3. The molecule has 26 heavy (non-hydrogen) atoms. The Morgan fingerprint density at radius 3 is 2.73 bits per heavy atom. The maximum Gasteiger partial charge on any atom is 0.407 e. The molecule has 1 saturated carbocycles. The van der Waals surface area contributed by atoms with Gasteiger partial charge in [0.05, 0.1) is 6.04 Å². The standard InChI is InChI=1S/C21H23BrN2O2/c1-13-19(15-7-8-15)23-18-10-9-16(22)11-17(18)20(13)24-21(25)26-12-14-5-3-2-4-6-14/h2-6,9-11,13,15,19-20,23H,7-8,12H2,1H3,(H,24,25)/t13-,19?,20+/m0/s1. The third kappa shape index (κ3) is 3.73. The lowest BCUT2D eigenvalue weighted by atomic mass is 9.82. The van der Waals surface area contributed by atoms with E-state index in [1.807, 2.05) is 36.4 Å². The molecule has 0 spiro atoms. The molecule has 1 heterocycles. The van der Waals surface area contributed by atoms with Gasteiger partial charge in [0.15, 0.2) is 0 Å². The SMILES string of the molecule is C[C@H]1C(C2CC2)Nc2ccc(Br)cc2[C@@H]1NC(=O)OCc1ccccc1. The molecule has 0 radical (unpaired) electrons. The number of hydrogen-bond acceptors (Lipinski definition) is 3. The second-order valence-corrected chi connectivity index (χ2v) is 8.20. The zero-order chi connectivity index (χ0) is 18.1. The highest BCUT2D eigenvalue weighted by atomic mass is 79.9. The van der Waals surface area contributed by atoms with Crippen molar-refractivity contribution in [3.63, 3.8) is 0 Å². The molecule has 1 fully saturated rings. The molecule has 1 aliphatic carbocycles. The first-order valence-corrected chi connectivity index (χ1v) is 9.94. The van der Waals surface area contributed by atoms with Crippen LogP contribution in [0.2, 0.25) is 0 Å².